The molecule has 1 aliphatic heterocycles. The van der Waals surface area contributed by atoms with Gasteiger partial charge in [-0.2, -0.15) is 0 Å². The van der Waals surface area contributed by atoms with Crippen LogP contribution in [0.4, 0.5) is 5.69 Å². The van der Waals surface area contributed by atoms with Gasteiger partial charge in [0.25, 0.3) is 5.91 Å². The number of carbonyl (C=O) groups excluding carboxylic acids is 2. The number of ether oxygens (including phenoxy) is 3. The molecular formula is C27H27NO5. The fourth-order valence-electron chi connectivity index (χ4n) is 4.23. The molecule has 0 spiro atoms. The van der Waals surface area contributed by atoms with Crippen LogP contribution in [0.5, 0.6) is 11.5 Å². The fraction of sp³-hybridized carbons (Fsp3) is 0.259. The molecule has 0 fully saturated rings. The lowest BCUT2D eigenvalue weighted by atomic mass is 9.99. The maximum Gasteiger partial charge on any atom is 0.337 e. The number of esters is 1. The summed E-state index contributed by atoms with van der Waals surface area (Å²) in [5, 5.41) is 0. The molecule has 4 rings (SSSR count). The lowest BCUT2D eigenvalue weighted by molar-refractivity contribution is 0.0600. The van der Waals surface area contributed by atoms with Crippen LogP contribution in [-0.2, 0) is 24.0 Å². The van der Waals surface area contributed by atoms with Crippen molar-refractivity contribution in [2.24, 2.45) is 0 Å². The van der Waals surface area contributed by atoms with E-state index < -0.39 is 0 Å². The highest BCUT2D eigenvalue weighted by molar-refractivity contribution is 6.08. The second kappa shape index (κ2) is 9.77. The minimum absolute atomic E-state index is 0.0687. The summed E-state index contributed by atoms with van der Waals surface area (Å²) in [7, 11) is 4.52. The first-order chi connectivity index (χ1) is 16.0. The van der Waals surface area contributed by atoms with Gasteiger partial charge in [-0.1, -0.05) is 30.3 Å². The third-order valence-corrected chi connectivity index (χ3v) is 5.98. The first-order valence-electron chi connectivity index (χ1n) is 10.9. The zero-order valence-corrected chi connectivity index (χ0v) is 19.1. The van der Waals surface area contributed by atoms with E-state index in [1.807, 2.05) is 17.0 Å². The third-order valence-electron chi connectivity index (χ3n) is 5.98. The SMILES string of the molecule is COC(=O)c1ccc(CCc2cccc3c2N(C(=O)c2cc(OC)cc(OC)c2)CC3)cc1. The van der Waals surface area contributed by atoms with Crippen LogP contribution in [0, 0.1) is 0 Å². The van der Waals surface area contributed by atoms with Crippen LogP contribution in [0.2, 0.25) is 0 Å². The van der Waals surface area contributed by atoms with Gasteiger partial charge >= 0.3 is 5.97 Å². The Balaban J connectivity index is 1.57. The summed E-state index contributed by atoms with van der Waals surface area (Å²) in [6.07, 6.45) is 2.41. The van der Waals surface area contributed by atoms with Crippen LogP contribution in [0.3, 0.4) is 0 Å². The number of para-hydroxylation sites is 1. The number of amides is 1. The Morgan fingerprint density at radius 3 is 2.18 bits per heavy atom. The summed E-state index contributed by atoms with van der Waals surface area (Å²) in [6, 6.07) is 18.9. The lowest BCUT2D eigenvalue weighted by Gasteiger charge is -2.21. The number of fused-ring (bicyclic) bond motifs is 1. The molecule has 0 aromatic heterocycles. The number of hydrogen-bond acceptors (Lipinski definition) is 5. The summed E-state index contributed by atoms with van der Waals surface area (Å²) in [4.78, 5) is 27.0. The standard InChI is InChI=1S/C27H27NO5/c1-31-23-15-22(16-24(17-23)32-2)26(29)28-14-13-20-6-4-5-19(25(20)28)10-7-18-8-11-21(12-9-18)27(30)33-3/h4-6,8-9,11-12,15-17H,7,10,13-14H2,1-3H3. The number of nitrogens with zero attached hydrogens (tertiary/aromatic N) is 1. The van der Waals surface area contributed by atoms with Crippen molar-refractivity contribution in [1.82, 2.24) is 0 Å². The van der Waals surface area contributed by atoms with Gasteiger partial charge in [0, 0.05) is 18.2 Å². The van der Waals surface area contributed by atoms with E-state index in [0.29, 0.717) is 29.2 Å². The van der Waals surface area contributed by atoms with Gasteiger partial charge in [0.1, 0.15) is 11.5 Å². The molecule has 3 aromatic carbocycles. The van der Waals surface area contributed by atoms with Gasteiger partial charge in [-0.05, 0) is 60.2 Å². The number of hydrogen-bond donors (Lipinski definition) is 0. The molecule has 33 heavy (non-hydrogen) atoms. The van der Waals surface area contributed by atoms with Crippen LogP contribution in [0.25, 0.3) is 0 Å². The first kappa shape index (κ1) is 22.4. The van der Waals surface area contributed by atoms with Crippen LogP contribution < -0.4 is 14.4 Å². The van der Waals surface area contributed by atoms with Gasteiger partial charge in [0.2, 0.25) is 0 Å². The average Bonchev–Trinajstić information content (AvgIpc) is 3.31. The molecule has 0 bridgehead atoms. The van der Waals surface area contributed by atoms with E-state index in [4.69, 9.17) is 14.2 Å². The van der Waals surface area contributed by atoms with E-state index in [-0.39, 0.29) is 11.9 Å². The largest absolute Gasteiger partial charge is 0.497 e. The Morgan fingerprint density at radius 2 is 1.55 bits per heavy atom. The first-order valence-corrected chi connectivity index (χ1v) is 10.9. The molecule has 0 atom stereocenters. The Labute approximate surface area is 193 Å². The van der Waals surface area contributed by atoms with Crippen molar-refractivity contribution in [2.45, 2.75) is 19.3 Å². The fourth-order valence-corrected chi connectivity index (χ4v) is 4.23. The molecule has 0 N–H and O–H groups in total. The van der Waals surface area contributed by atoms with E-state index >= 15 is 0 Å². The highest BCUT2D eigenvalue weighted by Crippen LogP contribution is 2.35. The lowest BCUT2D eigenvalue weighted by Crippen LogP contribution is -2.29. The molecule has 3 aromatic rings. The second-order valence-corrected chi connectivity index (χ2v) is 7.92. The molecule has 170 valence electrons. The smallest absolute Gasteiger partial charge is 0.337 e. The van der Waals surface area contributed by atoms with E-state index in [1.165, 1.54) is 12.7 Å². The van der Waals surface area contributed by atoms with Crippen molar-refractivity contribution in [3.05, 3.63) is 88.5 Å². The molecule has 0 aliphatic carbocycles. The molecule has 0 saturated heterocycles. The van der Waals surface area contributed by atoms with Crippen molar-refractivity contribution >= 4 is 17.6 Å². The van der Waals surface area contributed by atoms with E-state index in [0.717, 1.165) is 36.1 Å². The number of aryl methyl sites for hydroxylation is 2. The maximum atomic E-state index is 13.5. The number of anilines is 1. The predicted octanol–water partition coefficient (Wildman–Crippen LogP) is 4.48. The molecule has 0 radical (unpaired) electrons. The molecule has 0 saturated carbocycles. The Bertz CT molecular complexity index is 1150. The minimum Gasteiger partial charge on any atom is -0.497 e. The van der Waals surface area contributed by atoms with E-state index in [9.17, 15) is 9.59 Å². The van der Waals surface area contributed by atoms with E-state index in [2.05, 4.69) is 18.2 Å². The van der Waals surface area contributed by atoms with Gasteiger partial charge in [0.15, 0.2) is 0 Å². The van der Waals surface area contributed by atoms with Gasteiger partial charge in [-0.25, -0.2) is 4.79 Å². The predicted molar refractivity (Wildman–Crippen MR) is 127 cm³/mol. The third kappa shape index (κ3) is 4.70. The molecule has 6 nitrogen and oxygen atoms in total. The van der Waals surface area contributed by atoms with Gasteiger partial charge < -0.3 is 19.1 Å². The van der Waals surface area contributed by atoms with Crippen molar-refractivity contribution in [3.8, 4) is 11.5 Å². The Hall–Kier alpha value is -3.80. The quantitative estimate of drug-likeness (QED) is 0.502. The number of methoxy groups -OCH3 is 3. The zero-order valence-electron chi connectivity index (χ0n) is 19.1. The molecule has 6 heteroatoms. The Kier molecular flexibility index (Phi) is 6.63. The van der Waals surface area contributed by atoms with Crippen molar-refractivity contribution in [1.29, 1.82) is 0 Å². The number of benzene rings is 3. The van der Waals surface area contributed by atoms with Crippen molar-refractivity contribution < 1.29 is 23.8 Å². The Morgan fingerprint density at radius 1 is 0.848 bits per heavy atom. The maximum absolute atomic E-state index is 13.5. The minimum atomic E-state index is -0.342. The average molecular weight is 446 g/mol. The molecule has 1 heterocycles. The van der Waals surface area contributed by atoms with Crippen LogP contribution in [0.15, 0.2) is 60.7 Å². The molecule has 1 amide bonds. The van der Waals surface area contributed by atoms with Crippen LogP contribution in [0.1, 0.15) is 37.4 Å². The summed E-state index contributed by atoms with van der Waals surface area (Å²) in [6.45, 7) is 0.637. The summed E-state index contributed by atoms with van der Waals surface area (Å²) >= 11 is 0. The topological polar surface area (TPSA) is 65.1 Å². The van der Waals surface area contributed by atoms with Crippen molar-refractivity contribution in [2.75, 3.05) is 32.8 Å². The summed E-state index contributed by atoms with van der Waals surface area (Å²) in [5.74, 6) is 0.758. The number of rotatable bonds is 7. The van der Waals surface area contributed by atoms with Crippen LogP contribution in [-0.4, -0.2) is 39.8 Å². The highest BCUT2D eigenvalue weighted by Gasteiger charge is 2.28. The molecule has 0 unspecified atom stereocenters. The second-order valence-electron chi connectivity index (χ2n) is 7.92. The van der Waals surface area contributed by atoms with Crippen molar-refractivity contribution in [3.63, 3.8) is 0 Å². The normalized spacial score (nSPS) is 12.3. The summed E-state index contributed by atoms with van der Waals surface area (Å²) < 4.78 is 15.4. The van der Waals surface area contributed by atoms with E-state index in [1.54, 1.807) is 44.6 Å². The van der Waals surface area contributed by atoms with Gasteiger partial charge in [0.05, 0.1) is 32.6 Å². The molecule has 1 aliphatic rings. The van der Waals surface area contributed by atoms with Gasteiger partial charge in [-0.3, -0.25) is 4.79 Å². The highest BCUT2D eigenvalue weighted by atomic mass is 16.5. The zero-order chi connectivity index (χ0) is 23.4. The number of carbonyl (C=O) groups is 2. The monoisotopic (exact) mass is 445 g/mol. The van der Waals surface area contributed by atoms with Crippen LogP contribution >= 0.6 is 0 Å². The van der Waals surface area contributed by atoms with Gasteiger partial charge in [-0.15, -0.1) is 0 Å². The molecular weight excluding hydrogens is 418 g/mol. The summed E-state index contributed by atoms with van der Waals surface area (Å²) in [5.41, 5.74) is 5.49.